The van der Waals surface area contributed by atoms with Crippen molar-refractivity contribution in [2.45, 2.75) is 20.0 Å². The van der Waals surface area contributed by atoms with Gasteiger partial charge in [-0.15, -0.1) is 5.10 Å². The second kappa shape index (κ2) is 5.61. The minimum absolute atomic E-state index is 0.0545. The summed E-state index contributed by atoms with van der Waals surface area (Å²) in [6.07, 6.45) is 0.726. The molecule has 0 atom stereocenters. The fourth-order valence-electron chi connectivity index (χ4n) is 1.51. The molecule has 8 heteroatoms. The van der Waals surface area contributed by atoms with Crippen LogP contribution in [0.25, 0.3) is 0 Å². The highest BCUT2D eigenvalue weighted by atomic mass is 32.1. The topological polar surface area (TPSA) is 104 Å². The van der Waals surface area contributed by atoms with Crippen molar-refractivity contribution in [3.8, 4) is 5.75 Å². The molecule has 0 aliphatic carbocycles. The SMILES string of the molecule is CCc1ccc(OCc2nnsc2N)c([N+](=O)[O-])c1. The quantitative estimate of drug-likeness (QED) is 0.664. The molecule has 0 saturated heterocycles. The molecule has 100 valence electrons. The van der Waals surface area contributed by atoms with Crippen molar-refractivity contribution in [2.24, 2.45) is 0 Å². The lowest BCUT2D eigenvalue weighted by Crippen LogP contribution is -2.02. The van der Waals surface area contributed by atoms with Crippen LogP contribution in [0.2, 0.25) is 0 Å². The Bertz CT molecular complexity index is 599. The molecular formula is C11H12N4O3S. The number of rotatable bonds is 5. The maximum absolute atomic E-state index is 11.0. The summed E-state index contributed by atoms with van der Waals surface area (Å²) in [7, 11) is 0. The molecule has 2 N–H and O–H groups in total. The van der Waals surface area contributed by atoms with Crippen molar-refractivity contribution in [1.29, 1.82) is 0 Å². The number of nitro benzene ring substituents is 1. The Morgan fingerprint density at radius 3 is 2.89 bits per heavy atom. The number of aryl methyl sites for hydroxylation is 1. The highest BCUT2D eigenvalue weighted by Crippen LogP contribution is 2.29. The number of hydrogen-bond donors (Lipinski definition) is 1. The van der Waals surface area contributed by atoms with Crippen molar-refractivity contribution in [3.05, 3.63) is 39.6 Å². The fraction of sp³-hybridized carbons (Fsp3) is 0.273. The molecule has 2 rings (SSSR count). The van der Waals surface area contributed by atoms with Gasteiger partial charge in [0, 0.05) is 17.6 Å². The Hall–Kier alpha value is -2.22. The third kappa shape index (κ3) is 2.97. The molecular weight excluding hydrogens is 268 g/mol. The summed E-state index contributed by atoms with van der Waals surface area (Å²) in [6.45, 7) is 2.00. The van der Waals surface area contributed by atoms with Gasteiger partial charge in [0.1, 0.15) is 17.3 Å². The summed E-state index contributed by atoms with van der Waals surface area (Å²) in [5, 5.41) is 15.2. The number of nitrogen functional groups attached to an aromatic ring is 1. The van der Waals surface area contributed by atoms with Gasteiger partial charge < -0.3 is 10.5 Å². The van der Waals surface area contributed by atoms with Crippen LogP contribution in [0, 0.1) is 10.1 Å². The molecule has 0 aliphatic heterocycles. The Morgan fingerprint density at radius 1 is 1.53 bits per heavy atom. The first-order valence-corrected chi connectivity index (χ1v) is 6.36. The van der Waals surface area contributed by atoms with Crippen LogP contribution in [-0.4, -0.2) is 14.5 Å². The number of nitro groups is 1. The summed E-state index contributed by atoms with van der Waals surface area (Å²) in [6, 6.07) is 4.90. The van der Waals surface area contributed by atoms with Gasteiger partial charge in [0.25, 0.3) is 0 Å². The van der Waals surface area contributed by atoms with Crippen molar-refractivity contribution < 1.29 is 9.66 Å². The zero-order chi connectivity index (χ0) is 13.8. The van der Waals surface area contributed by atoms with Gasteiger partial charge in [-0.2, -0.15) is 0 Å². The average molecular weight is 280 g/mol. The monoisotopic (exact) mass is 280 g/mol. The molecule has 7 nitrogen and oxygen atoms in total. The largest absolute Gasteiger partial charge is 0.480 e. The van der Waals surface area contributed by atoms with Gasteiger partial charge in [-0.25, -0.2) is 0 Å². The van der Waals surface area contributed by atoms with Crippen molar-refractivity contribution in [1.82, 2.24) is 9.59 Å². The predicted octanol–water partition coefficient (Wildman–Crippen LogP) is 2.17. The summed E-state index contributed by atoms with van der Waals surface area (Å²) in [4.78, 5) is 10.5. The van der Waals surface area contributed by atoms with E-state index in [9.17, 15) is 10.1 Å². The fourth-order valence-corrected chi connectivity index (χ4v) is 1.94. The summed E-state index contributed by atoms with van der Waals surface area (Å²) < 4.78 is 9.08. The van der Waals surface area contributed by atoms with Gasteiger partial charge in [-0.1, -0.05) is 17.5 Å². The molecule has 0 radical (unpaired) electrons. The van der Waals surface area contributed by atoms with Crippen LogP contribution in [0.4, 0.5) is 10.7 Å². The van der Waals surface area contributed by atoms with Crippen LogP contribution in [0.15, 0.2) is 18.2 Å². The zero-order valence-electron chi connectivity index (χ0n) is 10.2. The maximum atomic E-state index is 11.0. The smallest absolute Gasteiger partial charge is 0.311 e. The average Bonchev–Trinajstić information content (AvgIpc) is 2.81. The number of nitrogens with two attached hydrogens (primary N) is 1. The van der Waals surface area contributed by atoms with Gasteiger partial charge in [-0.05, 0) is 18.1 Å². The number of hydrogen-bond acceptors (Lipinski definition) is 7. The van der Waals surface area contributed by atoms with Crippen LogP contribution < -0.4 is 10.5 Å². The Kier molecular flexibility index (Phi) is 3.91. The third-order valence-electron chi connectivity index (χ3n) is 2.58. The summed E-state index contributed by atoms with van der Waals surface area (Å²) in [5.74, 6) is 0.203. The minimum atomic E-state index is -0.461. The molecule has 0 saturated carbocycles. The first-order chi connectivity index (χ1) is 9.11. The summed E-state index contributed by atoms with van der Waals surface area (Å²) in [5.41, 5.74) is 6.94. The lowest BCUT2D eigenvalue weighted by Gasteiger charge is -2.06. The van der Waals surface area contributed by atoms with E-state index in [1.54, 1.807) is 12.1 Å². The molecule has 1 aromatic heterocycles. The maximum Gasteiger partial charge on any atom is 0.311 e. The van der Waals surface area contributed by atoms with Gasteiger partial charge in [0.05, 0.1) is 4.92 Å². The number of nitrogens with zero attached hydrogens (tertiary/aromatic N) is 3. The van der Waals surface area contributed by atoms with Crippen LogP contribution in [0.3, 0.4) is 0 Å². The van der Waals surface area contributed by atoms with Gasteiger partial charge >= 0.3 is 5.69 Å². The van der Waals surface area contributed by atoms with Crippen molar-refractivity contribution >= 4 is 22.2 Å². The summed E-state index contributed by atoms with van der Waals surface area (Å²) >= 11 is 1.06. The molecule has 0 unspecified atom stereocenters. The highest BCUT2D eigenvalue weighted by Gasteiger charge is 2.16. The van der Waals surface area contributed by atoms with E-state index in [1.807, 2.05) is 6.92 Å². The van der Waals surface area contributed by atoms with E-state index in [0.717, 1.165) is 23.5 Å². The van der Waals surface area contributed by atoms with Crippen LogP contribution in [0.5, 0.6) is 5.75 Å². The number of ether oxygens (including phenoxy) is 1. The molecule has 19 heavy (non-hydrogen) atoms. The number of anilines is 1. The van der Waals surface area contributed by atoms with E-state index in [1.165, 1.54) is 6.07 Å². The Labute approximate surface area is 113 Å². The highest BCUT2D eigenvalue weighted by molar-refractivity contribution is 7.09. The van der Waals surface area contributed by atoms with E-state index in [4.69, 9.17) is 10.5 Å². The van der Waals surface area contributed by atoms with E-state index < -0.39 is 4.92 Å². The van der Waals surface area contributed by atoms with Crippen LogP contribution >= 0.6 is 11.5 Å². The molecule has 0 amide bonds. The van der Waals surface area contributed by atoms with Crippen molar-refractivity contribution in [2.75, 3.05) is 5.73 Å². The Balaban J connectivity index is 2.20. The molecule has 0 bridgehead atoms. The van der Waals surface area contributed by atoms with E-state index in [-0.39, 0.29) is 18.0 Å². The molecule has 1 heterocycles. The molecule has 0 spiro atoms. The normalized spacial score (nSPS) is 10.4. The van der Waals surface area contributed by atoms with Crippen molar-refractivity contribution in [3.63, 3.8) is 0 Å². The minimum Gasteiger partial charge on any atom is -0.480 e. The standard InChI is InChI=1S/C11H12N4O3S/c1-2-7-3-4-10(9(5-7)15(16)17)18-6-8-11(12)19-14-13-8/h3-5H,2,6,12H2,1H3. The zero-order valence-corrected chi connectivity index (χ0v) is 11.0. The second-order valence-corrected chi connectivity index (χ2v) is 4.57. The molecule has 0 aliphatic rings. The predicted molar refractivity (Wildman–Crippen MR) is 71.1 cm³/mol. The second-order valence-electron chi connectivity index (χ2n) is 3.79. The lowest BCUT2D eigenvalue weighted by molar-refractivity contribution is -0.386. The van der Waals surface area contributed by atoms with Crippen LogP contribution in [-0.2, 0) is 13.0 Å². The van der Waals surface area contributed by atoms with Gasteiger partial charge in [0.15, 0.2) is 5.75 Å². The first-order valence-electron chi connectivity index (χ1n) is 5.58. The molecule has 0 fully saturated rings. The van der Waals surface area contributed by atoms with Crippen LogP contribution in [0.1, 0.15) is 18.2 Å². The lowest BCUT2D eigenvalue weighted by atomic mass is 10.1. The molecule has 2 aromatic rings. The van der Waals surface area contributed by atoms with Gasteiger partial charge in [-0.3, -0.25) is 10.1 Å². The van der Waals surface area contributed by atoms with Gasteiger partial charge in [0.2, 0.25) is 0 Å². The van der Waals surface area contributed by atoms with E-state index >= 15 is 0 Å². The van der Waals surface area contributed by atoms with E-state index in [0.29, 0.717) is 10.7 Å². The first kappa shape index (κ1) is 13.2. The third-order valence-corrected chi connectivity index (χ3v) is 3.17. The van der Waals surface area contributed by atoms with E-state index in [2.05, 4.69) is 9.59 Å². The molecule has 1 aromatic carbocycles. The Morgan fingerprint density at radius 2 is 2.32 bits per heavy atom. The number of benzene rings is 1. The number of aromatic nitrogens is 2.